The number of esters is 1. The highest BCUT2D eigenvalue weighted by Gasteiger charge is 2.26. The van der Waals surface area contributed by atoms with E-state index in [9.17, 15) is 4.79 Å². The number of carbonyl (C=O) groups excluding carboxylic acids is 1. The third-order valence-corrected chi connectivity index (χ3v) is 5.16. The fraction of sp³-hybridized carbons (Fsp3) is 0.545. The number of oxime groups is 1. The summed E-state index contributed by atoms with van der Waals surface area (Å²) in [4.78, 5) is 19.9. The van der Waals surface area contributed by atoms with Gasteiger partial charge in [0.2, 0.25) is 0 Å². The lowest BCUT2D eigenvalue weighted by molar-refractivity contribution is -0.150. The molecule has 1 saturated heterocycles. The first kappa shape index (κ1) is 19.6. The summed E-state index contributed by atoms with van der Waals surface area (Å²) in [7, 11) is 0. The minimum absolute atomic E-state index is 0.00373. The molecule has 0 spiro atoms. The molecule has 0 aromatic heterocycles. The first-order valence-electron chi connectivity index (χ1n) is 10.1. The van der Waals surface area contributed by atoms with E-state index in [1.165, 1.54) is 11.1 Å². The van der Waals surface area contributed by atoms with Crippen molar-refractivity contribution in [1.29, 1.82) is 0 Å². The topological polar surface area (TPSA) is 51.1 Å². The van der Waals surface area contributed by atoms with E-state index in [4.69, 9.17) is 9.57 Å². The molecule has 1 heterocycles. The van der Waals surface area contributed by atoms with Crippen LogP contribution in [-0.2, 0) is 14.4 Å². The fourth-order valence-electron chi connectivity index (χ4n) is 3.77. The number of allylic oxidation sites excluding steroid dienone is 2. The molecule has 1 aliphatic carbocycles. The lowest BCUT2D eigenvalue weighted by Gasteiger charge is -2.30. The third kappa shape index (κ3) is 5.67. The van der Waals surface area contributed by atoms with Gasteiger partial charge in [-0.15, -0.1) is 0 Å². The average molecular weight is 370 g/mol. The molecule has 0 bridgehead atoms. The van der Waals surface area contributed by atoms with Gasteiger partial charge in [0.15, 0.2) is 0 Å². The Morgan fingerprint density at radius 1 is 1.26 bits per heavy atom. The summed E-state index contributed by atoms with van der Waals surface area (Å²) in [6, 6.07) is 10.4. The molecule has 5 nitrogen and oxygen atoms in total. The van der Waals surface area contributed by atoms with Crippen LogP contribution >= 0.6 is 0 Å². The number of ether oxygens (including phenoxy) is 1. The van der Waals surface area contributed by atoms with E-state index in [2.05, 4.69) is 40.4 Å². The summed E-state index contributed by atoms with van der Waals surface area (Å²) in [5.74, 6) is -0.0702. The zero-order valence-corrected chi connectivity index (χ0v) is 16.2. The highest BCUT2D eigenvalue weighted by molar-refractivity contribution is 6.24. The standard InChI is InChI=1S/C22H30N2O3/c1-2-26-22(25)19-11-8-14-24(17-19)15-16-27-23-21-13-7-6-12-20(21)18-9-4-3-5-10-18/h3-5,9-10,12,19H,2,6-8,11,13-17H2,1H3/t19-/m1/s1. The number of piperidine rings is 1. The second-order valence-corrected chi connectivity index (χ2v) is 7.14. The van der Waals surface area contributed by atoms with Crippen molar-refractivity contribution in [2.45, 2.75) is 39.0 Å². The van der Waals surface area contributed by atoms with Gasteiger partial charge >= 0.3 is 5.97 Å². The van der Waals surface area contributed by atoms with Gasteiger partial charge in [0.1, 0.15) is 6.61 Å². The van der Waals surface area contributed by atoms with Gasteiger partial charge in [-0.1, -0.05) is 41.6 Å². The molecule has 1 aromatic carbocycles. The first-order valence-corrected chi connectivity index (χ1v) is 10.1. The van der Waals surface area contributed by atoms with Crippen molar-refractivity contribution in [3.8, 4) is 0 Å². The van der Waals surface area contributed by atoms with Crippen molar-refractivity contribution in [3.05, 3.63) is 42.0 Å². The molecule has 1 aliphatic heterocycles. The molecule has 0 unspecified atom stereocenters. The second kappa shape index (κ2) is 10.3. The van der Waals surface area contributed by atoms with Crippen molar-refractivity contribution in [1.82, 2.24) is 4.90 Å². The maximum atomic E-state index is 11.9. The Labute approximate surface area is 162 Å². The Morgan fingerprint density at radius 3 is 2.93 bits per heavy atom. The van der Waals surface area contributed by atoms with Crippen LogP contribution in [0.2, 0.25) is 0 Å². The Bertz CT molecular complexity index is 669. The highest BCUT2D eigenvalue weighted by atomic mass is 16.6. The van der Waals surface area contributed by atoms with Crippen LogP contribution in [0.5, 0.6) is 0 Å². The van der Waals surface area contributed by atoms with Crippen LogP contribution in [-0.4, -0.2) is 49.4 Å². The Hall–Kier alpha value is -2.14. The first-order chi connectivity index (χ1) is 13.3. The van der Waals surface area contributed by atoms with E-state index in [0.717, 1.165) is 57.5 Å². The molecular weight excluding hydrogens is 340 g/mol. The Kier molecular flexibility index (Phi) is 7.45. The van der Waals surface area contributed by atoms with Crippen LogP contribution in [0.25, 0.3) is 5.57 Å². The van der Waals surface area contributed by atoms with Gasteiger partial charge in [-0.2, -0.15) is 0 Å². The summed E-state index contributed by atoms with van der Waals surface area (Å²) in [5, 5.41) is 4.44. The molecule has 1 atom stereocenters. The van der Waals surface area contributed by atoms with E-state index in [-0.39, 0.29) is 11.9 Å². The lowest BCUT2D eigenvalue weighted by Crippen LogP contribution is -2.40. The van der Waals surface area contributed by atoms with Gasteiger partial charge in [-0.3, -0.25) is 9.69 Å². The van der Waals surface area contributed by atoms with Crippen LogP contribution in [0.4, 0.5) is 0 Å². The molecule has 0 radical (unpaired) electrons. The zero-order valence-electron chi connectivity index (χ0n) is 16.2. The number of carbonyl (C=O) groups is 1. The Morgan fingerprint density at radius 2 is 2.11 bits per heavy atom. The predicted molar refractivity (Wildman–Crippen MR) is 107 cm³/mol. The molecule has 0 N–H and O–H groups in total. The van der Waals surface area contributed by atoms with Crippen LogP contribution in [0.3, 0.4) is 0 Å². The van der Waals surface area contributed by atoms with E-state index in [0.29, 0.717) is 13.2 Å². The van der Waals surface area contributed by atoms with Gasteiger partial charge in [0.05, 0.1) is 18.2 Å². The SMILES string of the molecule is CCOC(=O)[C@@H]1CCCN(CCON=C2CCCC=C2c2ccccc2)C1. The molecule has 0 saturated carbocycles. The number of hydrogen-bond donors (Lipinski definition) is 0. The van der Waals surface area contributed by atoms with Gasteiger partial charge in [0.25, 0.3) is 0 Å². The maximum absolute atomic E-state index is 11.9. The molecule has 0 amide bonds. The van der Waals surface area contributed by atoms with Crippen LogP contribution in [0.1, 0.15) is 44.6 Å². The molecule has 5 heteroatoms. The molecule has 1 aromatic rings. The summed E-state index contributed by atoms with van der Waals surface area (Å²) in [6.07, 6.45) is 7.37. The summed E-state index contributed by atoms with van der Waals surface area (Å²) < 4.78 is 5.16. The fourth-order valence-corrected chi connectivity index (χ4v) is 3.77. The van der Waals surface area contributed by atoms with E-state index >= 15 is 0 Å². The number of hydrogen-bond acceptors (Lipinski definition) is 5. The average Bonchev–Trinajstić information content (AvgIpc) is 2.72. The maximum Gasteiger partial charge on any atom is 0.310 e. The number of benzene rings is 1. The quantitative estimate of drug-likeness (QED) is 0.415. The van der Waals surface area contributed by atoms with Gasteiger partial charge in [-0.25, -0.2) is 0 Å². The molecule has 3 rings (SSSR count). The molecule has 2 aliphatic rings. The van der Waals surface area contributed by atoms with Crippen molar-refractivity contribution >= 4 is 17.3 Å². The minimum atomic E-state index is -0.0665. The second-order valence-electron chi connectivity index (χ2n) is 7.14. The summed E-state index contributed by atoms with van der Waals surface area (Å²) >= 11 is 0. The summed E-state index contributed by atoms with van der Waals surface area (Å²) in [5.41, 5.74) is 3.44. The van der Waals surface area contributed by atoms with Crippen molar-refractivity contribution in [2.75, 3.05) is 32.8 Å². The molecule has 146 valence electrons. The highest BCUT2D eigenvalue weighted by Crippen LogP contribution is 2.25. The number of likely N-dealkylation sites (tertiary alicyclic amines) is 1. The number of rotatable bonds is 7. The van der Waals surface area contributed by atoms with Crippen molar-refractivity contribution in [2.24, 2.45) is 11.1 Å². The van der Waals surface area contributed by atoms with Crippen molar-refractivity contribution < 1.29 is 14.4 Å². The normalized spacial score (nSPS) is 22.3. The van der Waals surface area contributed by atoms with Crippen molar-refractivity contribution in [3.63, 3.8) is 0 Å². The zero-order chi connectivity index (χ0) is 18.9. The lowest BCUT2D eigenvalue weighted by atomic mass is 9.92. The van der Waals surface area contributed by atoms with Gasteiger partial charge < -0.3 is 9.57 Å². The predicted octanol–water partition coefficient (Wildman–Crippen LogP) is 3.90. The molecular formula is C22H30N2O3. The van der Waals surface area contributed by atoms with Crippen LogP contribution < -0.4 is 0 Å². The number of nitrogens with zero attached hydrogens (tertiary/aromatic N) is 2. The smallest absolute Gasteiger partial charge is 0.310 e. The van der Waals surface area contributed by atoms with Gasteiger partial charge in [0, 0.05) is 18.7 Å². The Balaban J connectivity index is 1.49. The molecule has 27 heavy (non-hydrogen) atoms. The largest absolute Gasteiger partial charge is 0.466 e. The van der Waals surface area contributed by atoms with Crippen LogP contribution in [0.15, 0.2) is 41.6 Å². The minimum Gasteiger partial charge on any atom is -0.466 e. The van der Waals surface area contributed by atoms with E-state index in [1.54, 1.807) is 0 Å². The van der Waals surface area contributed by atoms with E-state index < -0.39 is 0 Å². The van der Waals surface area contributed by atoms with E-state index in [1.807, 2.05) is 13.0 Å². The summed E-state index contributed by atoms with van der Waals surface area (Å²) in [6.45, 7) is 5.40. The monoisotopic (exact) mass is 370 g/mol. The molecule has 1 fully saturated rings. The third-order valence-electron chi connectivity index (χ3n) is 5.16. The van der Waals surface area contributed by atoms with Gasteiger partial charge in [-0.05, 0) is 51.1 Å². The van der Waals surface area contributed by atoms with Crippen LogP contribution in [0, 0.1) is 5.92 Å².